The fourth-order valence-corrected chi connectivity index (χ4v) is 2.63. The maximum Gasteiger partial charge on any atom is 0.411 e. The molecule has 7 nitrogen and oxygen atoms in total. The highest BCUT2D eigenvalue weighted by Gasteiger charge is 2.16. The van der Waals surface area contributed by atoms with Gasteiger partial charge in [0.15, 0.2) is 0 Å². The highest BCUT2D eigenvalue weighted by atomic mass is 16.5. The van der Waals surface area contributed by atoms with Gasteiger partial charge in [-0.2, -0.15) is 0 Å². The second-order valence-electron chi connectivity index (χ2n) is 6.93. The number of ether oxygens (including phenoxy) is 1. The molecule has 1 aromatic carbocycles. The average molecular weight is 385 g/mol. The zero-order valence-corrected chi connectivity index (χ0v) is 16.7. The lowest BCUT2D eigenvalue weighted by atomic mass is 10.1. The van der Waals surface area contributed by atoms with Crippen molar-refractivity contribution in [3.05, 3.63) is 58.0 Å². The average Bonchev–Trinajstić information content (AvgIpc) is 2.63. The largest absolute Gasteiger partial charge is 0.450 e. The number of aryl methyl sites for hydroxylation is 2. The van der Waals surface area contributed by atoms with Crippen molar-refractivity contribution in [3.8, 4) is 0 Å². The number of hydrogen-bond acceptors (Lipinski definition) is 4. The van der Waals surface area contributed by atoms with Crippen molar-refractivity contribution in [2.75, 3.05) is 17.2 Å². The molecule has 1 heterocycles. The molecule has 0 spiro atoms. The van der Waals surface area contributed by atoms with Crippen LogP contribution < -0.4 is 16.2 Å². The van der Waals surface area contributed by atoms with E-state index in [1.165, 1.54) is 0 Å². The number of aromatic nitrogens is 1. The van der Waals surface area contributed by atoms with E-state index < -0.39 is 12.0 Å². The summed E-state index contributed by atoms with van der Waals surface area (Å²) in [6.45, 7) is 8.51. The van der Waals surface area contributed by atoms with E-state index in [1.807, 2.05) is 0 Å². The molecule has 0 saturated heterocycles. The van der Waals surface area contributed by atoms with Crippen LogP contribution in [0.3, 0.4) is 0 Å². The van der Waals surface area contributed by atoms with Crippen molar-refractivity contribution in [2.24, 2.45) is 5.92 Å². The normalized spacial score (nSPS) is 10.6. The van der Waals surface area contributed by atoms with Crippen LogP contribution in [0.5, 0.6) is 0 Å². The maximum absolute atomic E-state index is 12.7. The number of carbonyl (C=O) groups is 2. The Kier molecular flexibility index (Phi) is 7.37. The van der Waals surface area contributed by atoms with Crippen molar-refractivity contribution < 1.29 is 14.3 Å². The minimum Gasteiger partial charge on any atom is -0.450 e. The van der Waals surface area contributed by atoms with E-state index in [1.54, 1.807) is 54.9 Å². The van der Waals surface area contributed by atoms with Crippen LogP contribution in [0, 0.1) is 12.8 Å². The van der Waals surface area contributed by atoms with Crippen LogP contribution in [0.1, 0.15) is 43.1 Å². The van der Waals surface area contributed by atoms with Crippen LogP contribution in [0.25, 0.3) is 0 Å². The first kappa shape index (κ1) is 21.2. The zero-order chi connectivity index (χ0) is 20.7. The molecule has 7 heteroatoms. The zero-order valence-electron chi connectivity index (χ0n) is 16.7. The molecule has 2 aromatic rings. The van der Waals surface area contributed by atoms with Gasteiger partial charge in [-0.1, -0.05) is 13.8 Å². The molecule has 2 N–H and O–H groups in total. The summed E-state index contributed by atoms with van der Waals surface area (Å²) in [7, 11) is 0. The molecule has 0 fully saturated rings. The van der Waals surface area contributed by atoms with Gasteiger partial charge in [0.2, 0.25) is 0 Å². The van der Waals surface area contributed by atoms with Crippen molar-refractivity contribution in [1.82, 2.24) is 4.57 Å². The van der Waals surface area contributed by atoms with Gasteiger partial charge in [-0.05, 0) is 62.1 Å². The maximum atomic E-state index is 12.7. The van der Waals surface area contributed by atoms with Gasteiger partial charge in [0.05, 0.1) is 6.61 Å². The Hall–Kier alpha value is -3.09. The molecule has 2 rings (SSSR count). The van der Waals surface area contributed by atoms with Gasteiger partial charge in [-0.3, -0.25) is 14.9 Å². The molecule has 2 amide bonds. The third kappa shape index (κ3) is 5.70. The van der Waals surface area contributed by atoms with Gasteiger partial charge in [0.25, 0.3) is 11.5 Å². The minimum atomic E-state index is -0.541. The molecule has 0 bridgehead atoms. The molecule has 0 unspecified atom stereocenters. The molecular weight excluding hydrogens is 358 g/mol. The predicted molar refractivity (Wildman–Crippen MR) is 110 cm³/mol. The first-order valence-electron chi connectivity index (χ1n) is 9.37. The molecule has 28 heavy (non-hydrogen) atoms. The first-order chi connectivity index (χ1) is 13.3. The van der Waals surface area contributed by atoms with Crippen LogP contribution in [0.15, 0.2) is 41.3 Å². The number of hydrogen-bond donors (Lipinski definition) is 2. The molecule has 1 aromatic heterocycles. The topological polar surface area (TPSA) is 89.4 Å². The minimum absolute atomic E-state index is 0.139. The molecular formula is C21H27N3O4. The van der Waals surface area contributed by atoms with Crippen molar-refractivity contribution >= 4 is 23.4 Å². The van der Waals surface area contributed by atoms with E-state index in [2.05, 4.69) is 24.5 Å². The van der Waals surface area contributed by atoms with E-state index in [4.69, 9.17) is 4.74 Å². The number of pyridine rings is 1. The third-order valence-corrected chi connectivity index (χ3v) is 4.21. The Labute approximate surface area is 164 Å². The Balaban J connectivity index is 2.13. The van der Waals surface area contributed by atoms with E-state index in [0.717, 1.165) is 6.42 Å². The monoisotopic (exact) mass is 385 g/mol. The number of nitrogens with zero attached hydrogens (tertiary/aromatic N) is 1. The summed E-state index contributed by atoms with van der Waals surface area (Å²) in [4.78, 5) is 36.8. The van der Waals surface area contributed by atoms with Gasteiger partial charge in [-0.25, -0.2) is 4.79 Å². The van der Waals surface area contributed by atoms with Gasteiger partial charge in [0, 0.05) is 24.1 Å². The van der Waals surface area contributed by atoms with Gasteiger partial charge in [-0.15, -0.1) is 0 Å². The fraction of sp³-hybridized carbons (Fsp3) is 0.381. The van der Waals surface area contributed by atoms with Crippen LogP contribution in [0.2, 0.25) is 0 Å². The fourth-order valence-electron chi connectivity index (χ4n) is 2.63. The number of carbonyl (C=O) groups excluding carboxylic acids is 2. The molecule has 0 radical (unpaired) electrons. The summed E-state index contributed by atoms with van der Waals surface area (Å²) in [5, 5.41) is 5.32. The van der Waals surface area contributed by atoms with Crippen molar-refractivity contribution in [2.45, 2.75) is 40.7 Å². The standard InChI is InChI=1S/C21H27N3O4/c1-5-28-21(27)23-17-8-6-16(7-9-17)22-19(25)18-15(4)11-13-24(20(18)26)12-10-14(2)3/h6-9,11,13-14H,5,10,12H2,1-4H3,(H,22,25)(H,23,27). The number of benzene rings is 1. The van der Waals surface area contributed by atoms with Gasteiger partial charge >= 0.3 is 6.09 Å². The number of anilines is 2. The summed E-state index contributed by atoms with van der Waals surface area (Å²) < 4.78 is 6.39. The lowest BCUT2D eigenvalue weighted by Gasteiger charge is -2.12. The number of nitrogens with one attached hydrogen (secondary N) is 2. The first-order valence-corrected chi connectivity index (χ1v) is 9.37. The Bertz CT molecular complexity index is 886. The highest BCUT2D eigenvalue weighted by Crippen LogP contribution is 2.15. The Morgan fingerprint density at radius 2 is 1.68 bits per heavy atom. The second kappa shape index (κ2) is 9.73. The van der Waals surface area contributed by atoms with Crippen molar-refractivity contribution in [3.63, 3.8) is 0 Å². The summed E-state index contributed by atoms with van der Waals surface area (Å²) in [5.41, 5.74) is 1.54. The molecule has 150 valence electrons. The van der Waals surface area contributed by atoms with Gasteiger partial charge < -0.3 is 14.6 Å². The van der Waals surface area contributed by atoms with E-state index in [9.17, 15) is 14.4 Å². The predicted octanol–water partition coefficient (Wildman–Crippen LogP) is 4.02. The highest BCUT2D eigenvalue weighted by molar-refractivity contribution is 6.05. The molecule has 0 atom stereocenters. The van der Waals surface area contributed by atoms with Gasteiger partial charge in [0.1, 0.15) is 5.56 Å². The van der Waals surface area contributed by atoms with E-state index in [-0.39, 0.29) is 17.7 Å². The number of rotatable bonds is 7. The van der Waals surface area contributed by atoms with Crippen LogP contribution >= 0.6 is 0 Å². The van der Waals surface area contributed by atoms with E-state index in [0.29, 0.717) is 29.4 Å². The quantitative estimate of drug-likeness (QED) is 0.753. The molecule has 0 aliphatic rings. The summed E-state index contributed by atoms with van der Waals surface area (Å²) >= 11 is 0. The van der Waals surface area contributed by atoms with Crippen LogP contribution in [-0.4, -0.2) is 23.2 Å². The Morgan fingerprint density at radius 3 is 2.25 bits per heavy atom. The lowest BCUT2D eigenvalue weighted by molar-refractivity contribution is 0.102. The lowest BCUT2D eigenvalue weighted by Crippen LogP contribution is -2.30. The Morgan fingerprint density at radius 1 is 1.07 bits per heavy atom. The molecule has 0 saturated carbocycles. The second-order valence-corrected chi connectivity index (χ2v) is 6.93. The van der Waals surface area contributed by atoms with Crippen LogP contribution in [0.4, 0.5) is 16.2 Å². The smallest absolute Gasteiger partial charge is 0.411 e. The summed E-state index contributed by atoms with van der Waals surface area (Å²) in [5.74, 6) is 0.0136. The third-order valence-electron chi connectivity index (χ3n) is 4.21. The summed E-state index contributed by atoms with van der Waals surface area (Å²) in [6.07, 6.45) is 2.05. The summed E-state index contributed by atoms with van der Waals surface area (Å²) in [6, 6.07) is 8.36. The van der Waals surface area contributed by atoms with Crippen LogP contribution in [-0.2, 0) is 11.3 Å². The SMILES string of the molecule is CCOC(=O)Nc1ccc(NC(=O)c2c(C)ccn(CCC(C)C)c2=O)cc1. The molecule has 0 aliphatic carbocycles. The van der Waals surface area contributed by atoms with Crippen molar-refractivity contribution in [1.29, 1.82) is 0 Å². The molecule has 0 aliphatic heterocycles. The number of amides is 2. The van der Waals surface area contributed by atoms with E-state index >= 15 is 0 Å².